The summed E-state index contributed by atoms with van der Waals surface area (Å²) in [4.78, 5) is 5.55. The molecule has 0 N–H and O–H groups in total. The standard InChI is InChI=1S/C14H15N5OS2/c1-9-15-13(20-18-9)8-22-14-17-16-12(19(14)10-4-5-10)7-11-3-2-6-21-11/h2-3,6,10H,4-5,7-8H2,1H3. The molecule has 3 aromatic rings. The number of rotatable bonds is 6. The van der Waals surface area contributed by atoms with Gasteiger partial charge in [0.1, 0.15) is 5.82 Å². The lowest BCUT2D eigenvalue weighted by Crippen LogP contribution is -2.03. The van der Waals surface area contributed by atoms with Gasteiger partial charge in [0.05, 0.1) is 5.75 Å². The Balaban J connectivity index is 1.53. The zero-order chi connectivity index (χ0) is 14.9. The average molecular weight is 333 g/mol. The van der Waals surface area contributed by atoms with Gasteiger partial charge in [0.15, 0.2) is 11.0 Å². The van der Waals surface area contributed by atoms with Crippen LogP contribution in [0.4, 0.5) is 0 Å². The minimum absolute atomic E-state index is 0.553. The zero-order valence-corrected chi connectivity index (χ0v) is 13.7. The Morgan fingerprint density at radius 3 is 3.00 bits per heavy atom. The SMILES string of the molecule is Cc1noc(CSc2nnc(Cc3cccs3)n2C2CC2)n1. The minimum Gasteiger partial charge on any atom is -0.338 e. The molecule has 0 bridgehead atoms. The molecule has 0 spiro atoms. The van der Waals surface area contributed by atoms with Crippen LogP contribution < -0.4 is 0 Å². The van der Waals surface area contributed by atoms with Crippen molar-refractivity contribution in [2.24, 2.45) is 0 Å². The van der Waals surface area contributed by atoms with Gasteiger partial charge in [-0.15, -0.1) is 21.5 Å². The second kappa shape index (κ2) is 5.85. The van der Waals surface area contributed by atoms with Crippen molar-refractivity contribution in [2.75, 3.05) is 0 Å². The van der Waals surface area contributed by atoms with Crippen LogP contribution in [0.15, 0.2) is 27.2 Å². The molecule has 0 radical (unpaired) electrons. The highest BCUT2D eigenvalue weighted by atomic mass is 32.2. The molecular formula is C14H15N5OS2. The van der Waals surface area contributed by atoms with Gasteiger partial charge in [0, 0.05) is 17.3 Å². The van der Waals surface area contributed by atoms with E-state index in [1.54, 1.807) is 23.1 Å². The zero-order valence-electron chi connectivity index (χ0n) is 12.1. The second-order valence-corrected chi connectivity index (χ2v) is 7.25. The first-order chi connectivity index (χ1) is 10.8. The van der Waals surface area contributed by atoms with Crippen molar-refractivity contribution in [2.45, 2.75) is 43.1 Å². The molecule has 0 saturated heterocycles. The Labute approximate surface area is 136 Å². The Bertz CT molecular complexity index is 760. The van der Waals surface area contributed by atoms with Crippen LogP contribution in [0.3, 0.4) is 0 Å². The van der Waals surface area contributed by atoms with E-state index in [9.17, 15) is 0 Å². The van der Waals surface area contributed by atoms with Gasteiger partial charge < -0.3 is 9.09 Å². The summed E-state index contributed by atoms with van der Waals surface area (Å²) < 4.78 is 7.44. The molecule has 0 amide bonds. The quantitative estimate of drug-likeness (QED) is 0.645. The number of aromatic nitrogens is 5. The van der Waals surface area contributed by atoms with Gasteiger partial charge in [0.2, 0.25) is 5.89 Å². The van der Waals surface area contributed by atoms with Gasteiger partial charge in [0.25, 0.3) is 0 Å². The summed E-state index contributed by atoms with van der Waals surface area (Å²) in [5, 5.41) is 15.6. The molecule has 114 valence electrons. The maximum Gasteiger partial charge on any atom is 0.237 e. The maximum absolute atomic E-state index is 5.16. The number of thiophene rings is 1. The maximum atomic E-state index is 5.16. The fourth-order valence-electron chi connectivity index (χ4n) is 2.32. The number of nitrogens with zero attached hydrogens (tertiary/aromatic N) is 5. The number of hydrogen-bond donors (Lipinski definition) is 0. The molecule has 1 aliphatic rings. The predicted octanol–water partition coefficient (Wildman–Crippen LogP) is 3.25. The van der Waals surface area contributed by atoms with E-state index >= 15 is 0 Å². The average Bonchev–Trinajstić information content (AvgIpc) is 2.90. The van der Waals surface area contributed by atoms with Gasteiger partial charge in [-0.05, 0) is 31.2 Å². The molecule has 6 nitrogen and oxygen atoms in total. The molecule has 22 heavy (non-hydrogen) atoms. The molecule has 1 aliphatic carbocycles. The van der Waals surface area contributed by atoms with Crippen molar-refractivity contribution in [1.29, 1.82) is 0 Å². The van der Waals surface area contributed by atoms with E-state index in [0.717, 1.165) is 17.4 Å². The van der Waals surface area contributed by atoms with E-state index in [4.69, 9.17) is 4.52 Å². The predicted molar refractivity (Wildman–Crippen MR) is 84.0 cm³/mol. The third-order valence-corrected chi connectivity index (χ3v) is 5.26. The first-order valence-electron chi connectivity index (χ1n) is 7.18. The highest BCUT2D eigenvalue weighted by Gasteiger charge is 2.29. The smallest absolute Gasteiger partial charge is 0.237 e. The monoisotopic (exact) mass is 333 g/mol. The van der Waals surface area contributed by atoms with Crippen LogP contribution in [-0.4, -0.2) is 24.9 Å². The van der Waals surface area contributed by atoms with Crippen LogP contribution in [0, 0.1) is 6.92 Å². The van der Waals surface area contributed by atoms with Crippen molar-refractivity contribution in [3.63, 3.8) is 0 Å². The summed E-state index contributed by atoms with van der Waals surface area (Å²) in [6, 6.07) is 4.77. The highest BCUT2D eigenvalue weighted by Crippen LogP contribution is 2.39. The van der Waals surface area contributed by atoms with Crippen LogP contribution in [0.25, 0.3) is 0 Å². The molecule has 8 heteroatoms. The molecule has 0 aromatic carbocycles. The minimum atomic E-state index is 0.553. The number of thioether (sulfide) groups is 1. The second-order valence-electron chi connectivity index (χ2n) is 5.28. The summed E-state index contributed by atoms with van der Waals surface area (Å²) in [5.74, 6) is 2.98. The Hall–Kier alpha value is -1.67. The van der Waals surface area contributed by atoms with Gasteiger partial charge >= 0.3 is 0 Å². The van der Waals surface area contributed by atoms with E-state index in [-0.39, 0.29) is 0 Å². The van der Waals surface area contributed by atoms with Crippen LogP contribution in [0.2, 0.25) is 0 Å². The molecule has 3 aromatic heterocycles. The molecule has 1 saturated carbocycles. The molecule has 0 atom stereocenters. The number of hydrogen-bond acceptors (Lipinski definition) is 7. The van der Waals surface area contributed by atoms with Gasteiger partial charge in [-0.2, -0.15) is 4.98 Å². The van der Waals surface area contributed by atoms with Crippen LogP contribution in [-0.2, 0) is 12.2 Å². The Morgan fingerprint density at radius 1 is 1.41 bits per heavy atom. The first kappa shape index (κ1) is 14.0. The van der Waals surface area contributed by atoms with Crippen molar-refractivity contribution >= 4 is 23.1 Å². The summed E-state index contributed by atoms with van der Waals surface area (Å²) in [5.41, 5.74) is 0. The lowest BCUT2D eigenvalue weighted by atomic mass is 10.3. The third kappa shape index (κ3) is 2.93. The molecule has 3 heterocycles. The third-order valence-electron chi connectivity index (χ3n) is 3.45. The van der Waals surface area contributed by atoms with Crippen LogP contribution in [0.5, 0.6) is 0 Å². The van der Waals surface area contributed by atoms with Gasteiger partial charge in [-0.3, -0.25) is 0 Å². The van der Waals surface area contributed by atoms with Crippen LogP contribution >= 0.6 is 23.1 Å². The molecule has 1 fully saturated rings. The molecule has 0 aliphatic heterocycles. The lowest BCUT2D eigenvalue weighted by Gasteiger charge is -2.07. The van der Waals surface area contributed by atoms with Crippen molar-refractivity contribution in [3.05, 3.63) is 39.9 Å². The van der Waals surface area contributed by atoms with E-state index in [2.05, 4.69) is 42.4 Å². The Kier molecular flexibility index (Phi) is 3.71. The van der Waals surface area contributed by atoms with Crippen molar-refractivity contribution in [3.8, 4) is 0 Å². The van der Waals surface area contributed by atoms with Gasteiger partial charge in [-0.1, -0.05) is 23.0 Å². The fraction of sp³-hybridized carbons (Fsp3) is 0.429. The van der Waals surface area contributed by atoms with Gasteiger partial charge in [-0.25, -0.2) is 0 Å². The Morgan fingerprint density at radius 2 is 2.32 bits per heavy atom. The van der Waals surface area contributed by atoms with Crippen molar-refractivity contribution < 1.29 is 4.52 Å². The van der Waals surface area contributed by atoms with E-state index in [0.29, 0.717) is 23.5 Å². The highest BCUT2D eigenvalue weighted by molar-refractivity contribution is 7.98. The summed E-state index contributed by atoms with van der Waals surface area (Å²) in [7, 11) is 0. The molecule has 0 unspecified atom stereocenters. The fourth-order valence-corrected chi connectivity index (χ4v) is 3.88. The van der Waals surface area contributed by atoms with E-state index in [1.807, 2.05) is 6.92 Å². The molecular weight excluding hydrogens is 318 g/mol. The van der Waals surface area contributed by atoms with Crippen LogP contribution in [0.1, 0.15) is 41.3 Å². The van der Waals surface area contributed by atoms with E-state index < -0.39 is 0 Å². The summed E-state index contributed by atoms with van der Waals surface area (Å²) in [6.45, 7) is 1.82. The normalized spacial score (nSPS) is 14.6. The number of aryl methyl sites for hydroxylation is 1. The topological polar surface area (TPSA) is 69.6 Å². The summed E-state index contributed by atoms with van der Waals surface area (Å²) >= 11 is 3.37. The largest absolute Gasteiger partial charge is 0.338 e. The van der Waals surface area contributed by atoms with E-state index in [1.165, 1.54) is 17.7 Å². The lowest BCUT2D eigenvalue weighted by molar-refractivity contribution is 0.387. The first-order valence-corrected chi connectivity index (χ1v) is 9.04. The molecule has 4 rings (SSSR count). The summed E-state index contributed by atoms with van der Waals surface area (Å²) in [6.07, 6.45) is 3.27. The van der Waals surface area contributed by atoms with Crippen molar-refractivity contribution in [1.82, 2.24) is 24.9 Å².